The molecule has 0 spiro atoms. The molecule has 0 radical (unpaired) electrons. The van der Waals surface area contributed by atoms with Crippen molar-refractivity contribution in [2.75, 3.05) is 20.3 Å². The Kier molecular flexibility index (Phi) is 7.53. The summed E-state index contributed by atoms with van der Waals surface area (Å²) in [7, 11) is 2.08. The number of hydrogen-bond donors (Lipinski definition) is 3. The molecule has 0 saturated heterocycles. The van der Waals surface area contributed by atoms with E-state index < -0.39 is 17.9 Å². The standard InChI is InChI=1S/C6H12N2.C5H10N2O3/c1-3-8-5-4-7(2)6-8;6-3(5(9)10)1-2-4(7)8/h4-5H,3,6H2,1-2H3;3H,1-2,6H2,(H2,7,8)(H,9,10). The molecule has 1 amide bonds. The van der Waals surface area contributed by atoms with Gasteiger partial charge in [0.15, 0.2) is 0 Å². The van der Waals surface area contributed by atoms with Crippen molar-refractivity contribution in [2.45, 2.75) is 25.8 Å². The maximum absolute atomic E-state index is 10.1. The van der Waals surface area contributed by atoms with Crippen LogP contribution in [0.15, 0.2) is 12.4 Å². The molecule has 7 heteroatoms. The topological polar surface area (TPSA) is 113 Å². The van der Waals surface area contributed by atoms with Crippen molar-refractivity contribution in [1.29, 1.82) is 0 Å². The third-order valence-corrected chi connectivity index (χ3v) is 2.36. The monoisotopic (exact) mass is 258 g/mol. The quantitative estimate of drug-likeness (QED) is 0.603. The molecule has 0 aliphatic carbocycles. The van der Waals surface area contributed by atoms with Crippen LogP contribution in [-0.2, 0) is 9.59 Å². The highest BCUT2D eigenvalue weighted by atomic mass is 16.4. The molecule has 1 unspecified atom stereocenters. The molecule has 0 aromatic carbocycles. The Morgan fingerprint density at radius 1 is 1.44 bits per heavy atom. The van der Waals surface area contributed by atoms with Crippen LogP contribution in [0.5, 0.6) is 0 Å². The number of carboxylic acids is 1. The molecular weight excluding hydrogens is 236 g/mol. The van der Waals surface area contributed by atoms with Gasteiger partial charge in [0.2, 0.25) is 5.91 Å². The van der Waals surface area contributed by atoms with E-state index in [1.165, 1.54) is 0 Å². The van der Waals surface area contributed by atoms with Crippen molar-refractivity contribution in [3.05, 3.63) is 12.4 Å². The van der Waals surface area contributed by atoms with Crippen molar-refractivity contribution in [3.8, 4) is 0 Å². The molecule has 5 N–H and O–H groups in total. The third kappa shape index (κ3) is 7.50. The predicted octanol–water partition coefficient (Wildman–Crippen LogP) is -0.654. The summed E-state index contributed by atoms with van der Waals surface area (Å²) < 4.78 is 0. The first-order valence-corrected chi connectivity index (χ1v) is 5.76. The van der Waals surface area contributed by atoms with Gasteiger partial charge >= 0.3 is 5.97 Å². The first-order valence-electron chi connectivity index (χ1n) is 5.76. The van der Waals surface area contributed by atoms with Crippen molar-refractivity contribution < 1.29 is 14.7 Å². The van der Waals surface area contributed by atoms with Crippen molar-refractivity contribution in [3.63, 3.8) is 0 Å². The van der Waals surface area contributed by atoms with Gasteiger partial charge in [-0.1, -0.05) is 0 Å². The minimum Gasteiger partial charge on any atom is -0.480 e. The zero-order chi connectivity index (χ0) is 14.1. The van der Waals surface area contributed by atoms with Gasteiger partial charge in [0.1, 0.15) is 6.04 Å². The van der Waals surface area contributed by atoms with Gasteiger partial charge < -0.3 is 26.4 Å². The molecule has 0 saturated carbocycles. The number of carboxylic acid groups (broad SMARTS) is 1. The van der Waals surface area contributed by atoms with E-state index in [-0.39, 0.29) is 12.8 Å². The minimum absolute atomic E-state index is 0.0213. The number of aliphatic carboxylic acids is 1. The third-order valence-electron chi connectivity index (χ3n) is 2.36. The van der Waals surface area contributed by atoms with Gasteiger partial charge in [0, 0.05) is 32.4 Å². The number of primary amides is 1. The second kappa shape index (κ2) is 8.35. The molecule has 0 aromatic rings. The highest BCUT2D eigenvalue weighted by Crippen LogP contribution is 2.00. The zero-order valence-corrected chi connectivity index (χ0v) is 10.9. The molecule has 1 atom stereocenters. The van der Waals surface area contributed by atoms with E-state index in [0.717, 1.165) is 13.2 Å². The molecule has 7 nitrogen and oxygen atoms in total. The summed E-state index contributed by atoms with van der Waals surface area (Å²) in [4.78, 5) is 24.5. The summed E-state index contributed by atoms with van der Waals surface area (Å²) in [5, 5.41) is 8.22. The van der Waals surface area contributed by atoms with Crippen molar-refractivity contribution >= 4 is 11.9 Å². The van der Waals surface area contributed by atoms with Crippen molar-refractivity contribution in [2.24, 2.45) is 11.5 Å². The van der Waals surface area contributed by atoms with Gasteiger partial charge in [-0.3, -0.25) is 9.59 Å². The number of nitrogens with zero attached hydrogens (tertiary/aromatic N) is 2. The van der Waals surface area contributed by atoms with Crippen LogP contribution in [0.1, 0.15) is 19.8 Å². The molecule has 1 aliphatic heterocycles. The Bertz CT molecular complexity index is 307. The normalized spacial score (nSPS) is 15.1. The molecule has 1 heterocycles. The lowest BCUT2D eigenvalue weighted by Crippen LogP contribution is -2.31. The first-order chi connectivity index (χ1) is 8.36. The minimum atomic E-state index is -1.11. The highest BCUT2D eigenvalue weighted by Gasteiger charge is 2.11. The fourth-order valence-electron chi connectivity index (χ4n) is 1.22. The molecule has 0 fully saturated rings. The van der Waals surface area contributed by atoms with E-state index >= 15 is 0 Å². The second-order valence-corrected chi connectivity index (χ2v) is 4.05. The van der Waals surface area contributed by atoms with Crippen LogP contribution >= 0.6 is 0 Å². The number of carbonyl (C=O) groups excluding carboxylic acids is 1. The Labute approximate surface area is 107 Å². The lowest BCUT2D eigenvalue weighted by molar-refractivity contribution is -0.138. The smallest absolute Gasteiger partial charge is 0.320 e. The fraction of sp³-hybridized carbons (Fsp3) is 0.636. The first kappa shape index (κ1) is 16.2. The molecule has 1 aliphatic rings. The van der Waals surface area contributed by atoms with E-state index in [0.29, 0.717) is 0 Å². The summed E-state index contributed by atoms with van der Waals surface area (Å²) in [5.74, 6) is -1.64. The summed E-state index contributed by atoms with van der Waals surface area (Å²) in [6.07, 6.45) is 4.32. The Morgan fingerprint density at radius 2 is 2.06 bits per heavy atom. The average Bonchev–Trinajstić information content (AvgIpc) is 2.72. The lowest BCUT2D eigenvalue weighted by atomic mass is 10.2. The zero-order valence-electron chi connectivity index (χ0n) is 10.9. The molecule has 1 rings (SSSR count). The van der Waals surface area contributed by atoms with Crippen LogP contribution in [0.3, 0.4) is 0 Å². The fourth-order valence-corrected chi connectivity index (χ4v) is 1.22. The van der Waals surface area contributed by atoms with E-state index in [9.17, 15) is 9.59 Å². The second-order valence-electron chi connectivity index (χ2n) is 4.05. The number of hydrogen-bond acceptors (Lipinski definition) is 5. The van der Waals surface area contributed by atoms with E-state index in [1.54, 1.807) is 0 Å². The van der Waals surface area contributed by atoms with Crippen LogP contribution < -0.4 is 11.5 Å². The molecule has 104 valence electrons. The predicted molar refractivity (Wildman–Crippen MR) is 68.2 cm³/mol. The Hall–Kier alpha value is -1.76. The number of nitrogens with two attached hydrogens (primary N) is 2. The van der Waals surface area contributed by atoms with Crippen LogP contribution in [0.2, 0.25) is 0 Å². The van der Waals surface area contributed by atoms with Gasteiger partial charge in [0.25, 0.3) is 0 Å². The Balaban J connectivity index is 0.000000327. The van der Waals surface area contributed by atoms with E-state index in [1.807, 2.05) is 0 Å². The number of amides is 1. The Morgan fingerprint density at radius 3 is 2.33 bits per heavy atom. The maximum atomic E-state index is 10.1. The van der Waals surface area contributed by atoms with Gasteiger partial charge in [-0.15, -0.1) is 0 Å². The summed E-state index contributed by atoms with van der Waals surface area (Å²) in [6.45, 7) is 4.32. The van der Waals surface area contributed by atoms with Crippen LogP contribution in [0, 0.1) is 0 Å². The SMILES string of the molecule is CCN1C=CN(C)C1.NC(=O)CCC(N)C(=O)O. The molecular formula is C11H22N4O3. The summed E-state index contributed by atoms with van der Waals surface area (Å²) >= 11 is 0. The number of rotatable bonds is 5. The van der Waals surface area contributed by atoms with E-state index in [2.05, 4.69) is 36.2 Å². The van der Waals surface area contributed by atoms with Gasteiger partial charge in [0.05, 0.1) is 6.67 Å². The molecule has 0 bridgehead atoms. The van der Waals surface area contributed by atoms with E-state index in [4.69, 9.17) is 16.6 Å². The van der Waals surface area contributed by atoms with Gasteiger partial charge in [-0.2, -0.15) is 0 Å². The summed E-state index contributed by atoms with van der Waals surface area (Å²) in [5.41, 5.74) is 9.81. The summed E-state index contributed by atoms with van der Waals surface area (Å²) in [6, 6.07) is -0.979. The molecule has 0 aromatic heterocycles. The maximum Gasteiger partial charge on any atom is 0.320 e. The van der Waals surface area contributed by atoms with Gasteiger partial charge in [-0.05, 0) is 13.3 Å². The van der Waals surface area contributed by atoms with Crippen molar-refractivity contribution in [1.82, 2.24) is 9.80 Å². The highest BCUT2D eigenvalue weighted by molar-refractivity contribution is 5.76. The van der Waals surface area contributed by atoms with Gasteiger partial charge in [-0.25, -0.2) is 0 Å². The largest absolute Gasteiger partial charge is 0.480 e. The molecule has 18 heavy (non-hydrogen) atoms. The number of carbonyl (C=O) groups is 2. The van der Waals surface area contributed by atoms with Crippen LogP contribution in [0.4, 0.5) is 0 Å². The van der Waals surface area contributed by atoms with Crippen LogP contribution in [0.25, 0.3) is 0 Å². The van der Waals surface area contributed by atoms with Crippen LogP contribution in [-0.4, -0.2) is 53.1 Å². The lowest BCUT2D eigenvalue weighted by Gasteiger charge is -2.14. The average molecular weight is 258 g/mol.